The Labute approximate surface area is 192 Å². The average Bonchev–Trinajstić information content (AvgIpc) is 2.73. The fourth-order valence-corrected chi connectivity index (χ4v) is 3.69. The van der Waals surface area contributed by atoms with Gasteiger partial charge in [0.2, 0.25) is 0 Å². The first-order valence-electron chi connectivity index (χ1n) is 10.3. The first-order valence-corrected chi connectivity index (χ1v) is 10.3. The Balaban J connectivity index is 0.00000300. The smallest absolute Gasteiger partial charge is 0.191 e. The number of hydrogen-bond acceptors (Lipinski definition) is 3. The predicted molar refractivity (Wildman–Crippen MR) is 132 cm³/mol. The summed E-state index contributed by atoms with van der Waals surface area (Å²) < 4.78 is 0. The third-order valence-corrected chi connectivity index (χ3v) is 5.45. The van der Waals surface area contributed by atoms with E-state index in [1.54, 1.807) is 0 Å². The molecule has 1 aromatic heterocycles. The molecule has 1 fully saturated rings. The van der Waals surface area contributed by atoms with E-state index in [-0.39, 0.29) is 24.0 Å². The van der Waals surface area contributed by atoms with Crippen LogP contribution in [0.1, 0.15) is 42.5 Å². The zero-order valence-corrected chi connectivity index (χ0v) is 20.1. The topological polar surface area (TPSA) is 52.6 Å². The number of piperidine rings is 1. The molecule has 0 amide bonds. The van der Waals surface area contributed by atoms with Gasteiger partial charge in [0.15, 0.2) is 5.96 Å². The Morgan fingerprint density at radius 3 is 2.66 bits per heavy atom. The van der Waals surface area contributed by atoms with Gasteiger partial charge in [0.25, 0.3) is 0 Å². The van der Waals surface area contributed by atoms with Gasteiger partial charge in [0.1, 0.15) is 0 Å². The van der Waals surface area contributed by atoms with Crippen molar-refractivity contribution < 1.29 is 0 Å². The van der Waals surface area contributed by atoms with Gasteiger partial charge in [-0.25, -0.2) is 0 Å². The summed E-state index contributed by atoms with van der Waals surface area (Å²) in [6.45, 7) is 8.39. The van der Waals surface area contributed by atoms with Crippen molar-refractivity contribution in [1.29, 1.82) is 0 Å². The molecule has 0 spiro atoms. The standard InChI is InChI=1S/C23H33N5.HI/c1-18-7-6-8-20(15-18)19(2)16-26-23(24-3)27-21-10-13-28(14-11-21)17-22-9-4-5-12-25-22;/h4-9,12,15,19,21H,10-11,13-14,16-17H2,1-3H3,(H2,24,26,27);1H. The second-order valence-corrected chi connectivity index (χ2v) is 7.78. The van der Waals surface area contributed by atoms with Crippen molar-refractivity contribution in [2.45, 2.75) is 45.2 Å². The maximum absolute atomic E-state index is 4.44. The summed E-state index contributed by atoms with van der Waals surface area (Å²) in [5, 5.41) is 7.11. The quantitative estimate of drug-likeness (QED) is 0.354. The minimum Gasteiger partial charge on any atom is -0.356 e. The van der Waals surface area contributed by atoms with Crippen LogP contribution in [0.5, 0.6) is 0 Å². The molecule has 0 radical (unpaired) electrons. The third kappa shape index (κ3) is 7.59. The number of aliphatic imine (C=N–C) groups is 1. The molecule has 0 aliphatic carbocycles. The van der Waals surface area contributed by atoms with Gasteiger partial charge in [-0.1, -0.05) is 42.8 Å². The van der Waals surface area contributed by atoms with Crippen molar-refractivity contribution in [1.82, 2.24) is 20.5 Å². The van der Waals surface area contributed by atoms with Gasteiger partial charge in [0.05, 0.1) is 5.69 Å². The van der Waals surface area contributed by atoms with E-state index in [9.17, 15) is 0 Å². The van der Waals surface area contributed by atoms with Crippen molar-refractivity contribution in [3.8, 4) is 0 Å². The second kappa shape index (κ2) is 12.1. The molecule has 1 unspecified atom stereocenters. The molecular weight excluding hydrogens is 473 g/mol. The van der Waals surface area contributed by atoms with Crippen molar-refractivity contribution >= 4 is 29.9 Å². The van der Waals surface area contributed by atoms with Crippen LogP contribution in [0.15, 0.2) is 53.7 Å². The van der Waals surface area contributed by atoms with Crippen LogP contribution in [0.4, 0.5) is 0 Å². The van der Waals surface area contributed by atoms with Crippen LogP contribution < -0.4 is 10.6 Å². The molecule has 0 bridgehead atoms. The van der Waals surface area contributed by atoms with Gasteiger partial charge in [-0.3, -0.25) is 14.9 Å². The maximum Gasteiger partial charge on any atom is 0.191 e. The lowest BCUT2D eigenvalue weighted by molar-refractivity contribution is 0.196. The number of aromatic nitrogens is 1. The molecule has 2 heterocycles. The molecule has 1 aromatic carbocycles. The van der Waals surface area contributed by atoms with Crippen LogP contribution in [0, 0.1) is 6.92 Å². The van der Waals surface area contributed by atoms with Crippen LogP contribution in [0.3, 0.4) is 0 Å². The third-order valence-electron chi connectivity index (χ3n) is 5.45. The number of guanidine groups is 1. The van der Waals surface area contributed by atoms with Crippen molar-refractivity contribution in [2.75, 3.05) is 26.7 Å². The molecule has 0 saturated carbocycles. The Hall–Kier alpha value is -1.67. The fraction of sp³-hybridized carbons (Fsp3) is 0.478. The highest BCUT2D eigenvalue weighted by molar-refractivity contribution is 14.0. The Bertz CT molecular complexity index is 757. The van der Waals surface area contributed by atoms with Gasteiger partial charge >= 0.3 is 0 Å². The molecule has 158 valence electrons. The Kier molecular flexibility index (Phi) is 9.87. The van der Waals surface area contributed by atoms with Crippen LogP contribution in [-0.2, 0) is 6.54 Å². The largest absolute Gasteiger partial charge is 0.356 e. The molecule has 1 aliphatic heterocycles. The van der Waals surface area contributed by atoms with E-state index in [2.05, 4.69) is 75.8 Å². The van der Waals surface area contributed by atoms with E-state index >= 15 is 0 Å². The highest BCUT2D eigenvalue weighted by atomic mass is 127. The van der Waals surface area contributed by atoms with Crippen LogP contribution in [0.2, 0.25) is 0 Å². The van der Waals surface area contributed by atoms with Crippen molar-refractivity contribution in [3.05, 3.63) is 65.5 Å². The van der Waals surface area contributed by atoms with Crippen molar-refractivity contribution in [3.63, 3.8) is 0 Å². The first kappa shape index (κ1) is 23.6. The summed E-state index contributed by atoms with van der Waals surface area (Å²) in [4.78, 5) is 11.3. The summed E-state index contributed by atoms with van der Waals surface area (Å²) in [5.74, 6) is 1.35. The number of likely N-dealkylation sites (tertiary alicyclic amines) is 1. The van der Waals surface area contributed by atoms with E-state index in [4.69, 9.17) is 0 Å². The van der Waals surface area contributed by atoms with E-state index in [0.29, 0.717) is 12.0 Å². The molecule has 29 heavy (non-hydrogen) atoms. The van der Waals surface area contributed by atoms with E-state index < -0.39 is 0 Å². The van der Waals surface area contributed by atoms with Gasteiger partial charge < -0.3 is 10.6 Å². The molecule has 1 aliphatic rings. The number of benzene rings is 1. The SMILES string of the molecule is CN=C(NCC(C)c1cccc(C)c1)NC1CCN(Cc2ccccn2)CC1.I. The fourth-order valence-electron chi connectivity index (χ4n) is 3.69. The van der Waals surface area contributed by atoms with Gasteiger partial charge in [-0.2, -0.15) is 0 Å². The minimum atomic E-state index is 0. The second-order valence-electron chi connectivity index (χ2n) is 7.78. The van der Waals surface area contributed by atoms with Gasteiger partial charge in [0, 0.05) is 45.5 Å². The number of nitrogens with one attached hydrogen (secondary N) is 2. The maximum atomic E-state index is 4.44. The van der Waals surface area contributed by atoms with Crippen LogP contribution in [0.25, 0.3) is 0 Å². The normalized spacial score (nSPS) is 16.7. The lowest BCUT2D eigenvalue weighted by Crippen LogP contribution is -2.49. The summed E-state index contributed by atoms with van der Waals surface area (Å²) >= 11 is 0. The number of rotatable bonds is 6. The molecule has 5 nitrogen and oxygen atoms in total. The van der Waals surface area contributed by atoms with E-state index in [1.165, 1.54) is 11.1 Å². The highest BCUT2D eigenvalue weighted by Gasteiger charge is 2.20. The first-order chi connectivity index (χ1) is 13.6. The summed E-state index contributed by atoms with van der Waals surface area (Å²) in [7, 11) is 1.85. The van der Waals surface area contributed by atoms with E-state index in [0.717, 1.165) is 50.7 Å². The zero-order valence-electron chi connectivity index (χ0n) is 17.8. The summed E-state index contributed by atoms with van der Waals surface area (Å²) in [6, 6.07) is 15.3. The van der Waals surface area contributed by atoms with Crippen LogP contribution in [-0.4, -0.2) is 48.6 Å². The minimum absolute atomic E-state index is 0. The molecular formula is C23H34IN5. The highest BCUT2D eigenvalue weighted by Crippen LogP contribution is 2.16. The average molecular weight is 507 g/mol. The summed E-state index contributed by atoms with van der Waals surface area (Å²) in [5.41, 5.74) is 3.83. The molecule has 1 atom stereocenters. The molecule has 6 heteroatoms. The Morgan fingerprint density at radius 2 is 2.00 bits per heavy atom. The lowest BCUT2D eigenvalue weighted by atomic mass is 9.99. The van der Waals surface area contributed by atoms with E-state index in [1.807, 2.05) is 19.3 Å². The van der Waals surface area contributed by atoms with Crippen LogP contribution >= 0.6 is 24.0 Å². The number of hydrogen-bond donors (Lipinski definition) is 2. The van der Waals surface area contributed by atoms with Gasteiger partial charge in [-0.15, -0.1) is 24.0 Å². The van der Waals surface area contributed by atoms with Gasteiger partial charge in [-0.05, 0) is 43.4 Å². The lowest BCUT2D eigenvalue weighted by Gasteiger charge is -2.33. The number of pyridine rings is 1. The summed E-state index contributed by atoms with van der Waals surface area (Å²) in [6.07, 6.45) is 4.12. The molecule has 1 saturated heterocycles. The molecule has 2 N–H and O–H groups in total. The predicted octanol–water partition coefficient (Wildman–Crippen LogP) is 3.94. The molecule has 2 aromatic rings. The number of aryl methyl sites for hydroxylation is 1. The van der Waals surface area contributed by atoms with Crippen molar-refractivity contribution in [2.24, 2.45) is 4.99 Å². The Morgan fingerprint density at radius 1 is 1.21 bits per heavy atom. The number of nitrogens with zero attached hydrogens (tertiary/aromatic N) is 3. The number of halogens is 1. The zero-order chi connectivity index (χ0) is 19.8. The monoisotopic (exact) mass is 507 g/mol. The molecule has 3 rings (SSSR count).